The highest BCUT2D eigenvalue weighted by atomic mass is 16.7. The van der Waals surface area contributed by atoms with E-state index in [1.54, 1.807) is 6.92 Å². The molecule has 2 aliphatic carbocycles. The van der Waals surface area contributed by atoms with Gasteiger partial charge in [0.15, 0.2) is 5.78 Å². The Labute approximate surface area is 159 Å². The minimum absolute atomic E-state index is 0.0395. The summed E-state index contributed by atoms with van der Waals surface area (Å²) in [6.45, 7) is 8.02. The Morgan fingerprint density at radius 3 is 2.19 bits per heavy atom. The number of hydrogen-bond acceptors (Lipinski definition) is 5. The summed E-state index contributed by atoms with van der Waals surface area (Å²) in [6, 6.07) is 4.16. The number of ketones is 2. The van der Waals surface area contributed by atoms with Gasteiger partial charge in [0.05, 0.1) is 12.2 Å². The summed E-state index contributed by atoms with van der Waals surface area (Å²) < 4.78 is 10.5. The van der Waals surface area contributed by atoms with Crippen LogP contribution in [0.2, 0.25) is 0 Å². The maximum atomic E-state index is 13.3. The van der Waals surface area contributed by atoms with Gasteiger partial charge in [0, 0.05) is 24.7 Å². The molecule has 3 rings (SSSR count). The van der Waals surface area contributed by atoms with E-state index in [9.17, 15) is 14.4 Å². The van der Waals surface area contributed by atoms with Crippen LogP contribution >= 0.6 is 0 Å². The SMILES string of the molecule is CCOC(=O)OC1=C(c2c(CC)cc(C)cc2CC)C(=O)C2CC(=O)CC12. The molecular formula is C22H26O5. The second-order valence-electron chi connectivity index (χ2n) is 7.21. The molecule has 0 N–H and O–H groups in total. The van der Waals surface area contributed by atoms with Gasteiger partial charge in [-0.2, -0.15) is 0 Å². The summed E-state index contributed by atoms with van der Waals surface area (Å²) >= 11 is 0. The van der Waals surface area contributed by atoms with Crippen LogP contribution in [0, 0.1) is 18.8 Å². The number of fused-ring (bicyclic) bond motifs is 1. The zero-order chi connectivity index (χ0) is 19.7. The Bertz CT molecular complexity index is 808. The fourth-order valence-corrected chi connectivity index (χ4v) is 4.33. The third-order valence-corrected chi connectivity index (χ3v) is 5.46. The quantitative estimate of drug-likeness (QED) is 0.727. The van der Waals surface area contributed by atoms with Crippen LogP contribution in [0.25, 0.3) is 5.57 Å². The van der Waals surface area contributed by atoms with Crippen LogP contribution in [-0.2, 0) is 31.9 Å². The second kappa shape index (κ2) is 7.67. The topological polar surface area (TPSA) is 69.7 Å². The third kappa shape index (κ3) is 3.43. The van der Waals surface area contributed by atoms with E-state index in [-0.39, 0.29) is 36.9 Å². The number of rotatable bonds is 5. The van der Waals surface area contributed by atoms with Gasteiger partial charge < -0.3 is 9.47 Å². The average molecular weight is 370 g/mol. The Morgan fingerprint density at radius 2 is 1.63 bits per heavy atom. The van der Waals surface area contributed by atoms with Gasteiger partial charge in [0.1, 0.15) is 11.5 Å². The van der Waals surface area contributed by atoms with Crippen molar-refractivity contribution in [2.45, 2.75) is 53.4 Å². The summed E-state index contributed by atoms with van der Waals surface area (Å²) in [5.74, 6) is -0.508. The predicted octanol–water partition coefficient (Wildman–Crippen LogP) is 4.18. The van der Waals surface area contributed by atoms with Gasteiger partial charge in [-0.3, -0.25) is 9.59 Å². The Hall–Kier alpha value is -2.43. The molecule has 1 aromatic carbocycles. The van der Waals surface area contributed by atoms with Crippen LogP contribution in [-0.4, -0.2) is 24.3 Å². The molecule has 0 spiro atoms. The van der Waals surface area contributed by atoms with Crippen LogP contribution in [0.15, 0.2) is 17.9 Å². The van der Waals surface area contributed by atoms with E-state index in [0.29, 0.717) is 11.3 Å². The molecule has 0 saturated heterocycles. The number of Topliss-reactive ketones (excluding diaryl/α,β-unsaturated/α-hetero) is 2. The van der Waals surface area contributed by atoms with E-state index in [4.69, 9.17) is 9.47 Å². The zero-order valence-corrected chi connectivity index (χ0v) is 16.4. The molecule has 2 aliphatic rings. The van der Waals surface area contributed by atoms with E-state index in [0.717, 1.165) is 35.1 Å². The van der Waals surface area contributed by atoms with E-state index in [1.165, 1.54) is 0 Å². The summed E-state index contributed by atoms with van der Waals surface area (Å²) in [4.78, 5) is 37.2. The summed E-state index contributed by atoms with van der Waals surface area (Å²) in [7, 11) is 0. The first-order valence-corrected chi connectivity index (χ1v) is 9.68. The summed E-state index contributed by atoms with van der Waals surface area (Å²) in [5, 5.41) is 0. The number of benzene rings is 1. The minimum Gasteiger partial charge on any atom is -0.434 e. The molecule has 1 fully saturated rings. The molecule has 0 bridgehead atoms. The summed E-state index contributed by atoms with van der Waals surface area (Å²) in [6.07, 6.45) is 1.17. The molecule has 144 valence electrons. The van der Waals surface area contributed by atoms with Gasteiger partial charge in [-0.05, 0) is 43.4 Å². The molecule has 1 aromatic rings. The largest absolute Gasteiger partial charge is 0.513 e. The van der Waals surface area contributed by atoms with Crippen molar-refractivity contribution in [1.29, 1.82) is 0 Å². The maximum Gasteiger partial charge on any atom is 0.513 e. The number of carbonyl (C=O) groups is 3. The maximum absolute atomic E-state index is 13.3. The highest BCUT2D eigenvalue weighted by Gasteiger charge is 2.50. The standard InChI is InChI=1S/C22H26O5/c1-5-13-8-12(4)9-14(6-2)18(13)19-20(24)16-10-15(23)11-17(16)21(19)27-22(25)26-7-3/h8-9,16-17H,5-7,10-11H2,1-4H3. The number of carbonyl (C=O) groups excluding carboxylic acids is 3. The van der Waals surface area contributed by atoms with E-state index in [2.05, 4.69) is 12.1 Å². The lowest BCUT2D eigenvalue weighted by Crippen LogP contribution is -2.14. The molecule has 0 aromatic heterocycles. The molecule has 0 amide bonds. The monoisotopic (exact) mass is 370 g/mol. The number of hydrogen-bond donors (Lipinski definition) is 0. The lowest BCUT2D eigenvalue weighted by atomic mass is 9.87. The lowest BCUT2D eigenvalue weighted by molar-refractivity contribution is -0.121. The fraction of sp³-hybridized carbons (Fsp3) is 0.500. The van der Waals surface area contributed by atoms with Gasteiger partial charge in [-0.1, -0.05) is 31.5 Å². The predicted molar refractivity (Wildman–Crippen MR) is 101 cm³/mol. The molecular weight excluding hydrogens is 344 g/mol. The molecule has 0 heterocycles. The van der Waals surface area contributed by atoms with Gasteiger partial charge >= 0.3 is 6.16 Å². The molecule has 0 radical (unpaired) electrons. The first-order chi connectivity index (χ1) is 12.9. The van der Waals surface area contributed by atoms with Gasteiger partial charge in [0.2, 0.25) is 0 Å². The summed E-state index contributed by atoms with van der Waals surface area (Å²) in [5.41, 5.74) is 4.61. The number of allylic oxidation sites excluding steroid dienone is 2. The Balaban J connectivity index is 2.20. The Morgan fingerprint density at radius 1 is 1.04 bits per heavy atom. The van der Waals surface area contributed by atoms with Gasteiger partial charge in [0.25, 0.3) is 0 Å². The molecule has 5 heteroatoms. The van der Waals surface area contributed by atoms with Crippen LogP contribution in [0.1, 0.15) is 55.9 Å². The van der Waals surface area contributed by atoms with E-state index < -0.39 is 12.1 Å². The number of aryl methyl sites for hydroxylation is 3. The lowest BCUT2D eigenvalue weighted by Gasteiger charge is -2.18. The fourth-order valence-electron chi connectivity index (χ4n) is 4.33. The first-order valence-electron chi connectivity index (χ1n) is 9.68. The van der Waals surface area contributed by atoms with Crippen LogP contribution in [0.5, 0.6) is 0 Å². The van der Waals surface area contributed by atoms with Gasteiger partial charge in [-0.25, -0.2) is 4.79 Å². The van der Waals surface area contributed by atoms with Crippen molar-refractivity contribution in [3.63, 3.8) is 0 Å². The van der Waals surface area contributed by atoms with Crippen LogP contribution in [0.3, 0.4) is 0 Å². The number of ether oxygens (including phenoxy) is 2. The first kappa shape index (κ1) is 19.3. The van der Waals surface area contributed by atoms with Crippen molar-refractivity contribution in [3.8, 4) is 0 Å². The highest BCUT2D eigenvalue weighted by molar-refractivity contribution is 6.27. The highest BCUT2D eigenvalue weighted by Crippen LogP contribution is 2.49. The minimum atomic E-state index is -0.819. The molecule has 2 unspecified atom stereocenters. The molecule has 1 saturated carbocycles. The third-order valence-electron chi connectivity index (χ3n) is 5.46. The van der Waals surface area contributed by atoms with Crippen molar-refractivity contribution in [2.75, 3.05) is 6.61 Å². The van der Waals surface area contributed by atoms with Crippen molar-refractivity contribution in [2.24, 2.45) is 11.8 Å². The van der Waals surface area contributed by atoms with E-state index >= 15 is 0 Å². The zero-order valence-electron chi connectivity index (χ0n) is 16.4. The van der Waals surface area contributed by atoms with Crippen LogP contribution < -0.4 is 0 Å². The van der Waals surface area contributed by atoms with Crippen molar-refractivity contribution in [1.82, 2.24) is 0 Å². The van der Waals surface area contributed by atoms with Crippen molar-refractivity contribution >= 4 is 23.3 Å². The molecule has 2 atom stereocenters. The normalized spacial score (nSPS) is 21.6. The Kier molecular flexibility index (Phi) is 5.49. The van der Waals surface area contributed by atoms with Crippen LogP contribution in [0.4, 0.5) is 4.79 Å². The van der Waals surface area contributed by atoms with Crippen molar-refractivity contribution in [3.05, 3.63) is 40.1 Å². The van der Waals surface area contributed by atoms with Gasteiger partial charge in [-0.15, -0.1) is 0 Å². The molecule has 5 nitrogen and oxygen atoms in total. The second-order valence-corrected chi connectivity index (χ2v) is 7.21. The molecule has 27 heavy (non-hydrogen) atoms. The van der Waals surface area contributed by atoms with E-state index in [1.807, 2.05) is 20.8 Å². The smallest absolute Gasteiger partial charge is 0.434 e. The average Bonchev–Trinajstić information content (AvgIpc) is 3.12. The van der Waals surface area contributed by atoms with Crippen molar-refractivity contribution < 1.29 is 23.9 Å². The molecule has 0 aliphatic heterocycles.